The third kappa shape index (κ3) is 4.44. The largest absolute Gasteiger partial charge is 0.309 e. The van der Waals surface area contributed by atoms with Crippen molar-refractivity contribution in [1.29, 1.82) is 0 Å². The first-order valence-electron chi connectivity index (χ1n) is 18.9. The molecule has 1 nitrogen and oxygen atoms in total. The second-order valence-corrected chi connectivity index (χ2v) is 14.8. The lowest BCUT2D eigenvalue weighted by Gasteiger charge is -2.55. The van der Waals surface area contributed by atoms with Crippen molar-refractivity contribution in [3.63, 3.8) is 0 Å². The van der Waals surface area contributed by atoms with Crippen LogP contribution in [0.2, 0.25) is 0 Å². The average molecular weight is 676 g/mol. The Balaban J connectivity index is 1.28. The minimum atomic E-state index is -0.270. The van der Waals surface area contributed by atoms with Gasteiger partial charge in [-0.25, -0.2) is 0 Å². The predicted octanol–water partition coefficient (Wildman–Crippen LogP) is 13.7. The van der Waals surface area contributed by atoms with Crippen molar-refractivity contribution in [3.05, 3.63) is 222 Å². The molecule has 2 atom stereocenters. The van der Waals surface area contributed by atoms with Gasteiger partial charge in [0.05, 0.1) is 17.1 Å². The molecule has 2 bridgehead atoms. The summed E-state index contributed by atoms with van der Waals surface area (Å²) in [6.45, 7) is 0. The summed E-state index contributed by atoms with van der Waals surface area (Å²) in [6, 6.07) is 72.3. The molecule has 1 heteroatoms. The van der Waals surface area contributed by atoms with E-state index >= 15 is 0 Å². The Morgan fingerprint density at radius 3 is 1.60 bits per heavy atom. The zero-order valence-corrected chi connectivity index (χ0v) is 29.4. The van der Waals surface area contributed by atoms with Crippen molar-refractivity contribution in [2.24, 2.45) is 0 Å². The first-order valence-corrected chi connectivity index (χ1v) is 18.9. The van der Waals surface area contributed by atoms with Crippen LogP contribution in [0.3, 0.4) is 0 Å². The number of rotatable bonds is 5. The van der Waals surface area contributed by atoms with Crippen LogP contribution < -0.4 is 4.90 Å². The Kier molecular flexibility index (Phi) is 6.73. The minimum absolute atomic E-state index is 0.270. The molecule has 1 heterocycles. The summed E-state index contributed by atoms with van der Waals surface area (Å²) in [5.74, 6) is 0.376. The maximum Gasteiger partial charge on any atom is 0.0587 e. The third-order valence-electron chi connectivity index (χ3n) is 12.2. The summed E-state index contributed by atoms with van der Waals surface area (Å²) in [5, 5.41) is 0. The maximum absolute atomic E-state index is 2.64. The van der Waals surface area contributed by atoms with Gasteiger partial charge in [-0.1, -0.05) is 170 Å². The smallest absolute Gasteiger partial charge is 0.0587 e. The molecule has 8 aromatic carbocycles. The average Bonchev–Trinajstić information content (AvgIpc) is 3.25. The van der Waals surface area contributed by atoms with E-state index in [9.17, 15) is 0 Å². The molecule has 0 fully saturated rings. The van der Waals surface area contributed by atoms with Crippen LogP contribution in [-0.4, -0.2) is 0 Å². The molecule has 4 aliphatic rings. The molecule has 0 saturated heterocycles. The van der Waals surface area contributed by atoms with Gasteiger partial charge in [-0.3, -0.25) is 0 Å². The van der Waals surface area contributed by atoms with Crippen LogP contribution in [0.1, 0.15) is 46.6 Å². The van der Waals surface area contributed by atoms with Gasteiger partial charge in [-0.2, -0.15) is 0 Å². The van der Waals surface area contributed by atoms with E-state index in [2.05, 4.69) is 199 Å². The van der Waals surface area contributed by atoms with Crippen molar-refractivity contribution in [2.45, 2.75) is 24.2 Å². The van der Waals surface area contributed by atoms with E-state index in [-0.39, 0.29) is 5.41 Å². The third-order valence-corrected chi connectivity index (χ3v) is 12.2. The van der Waals surface area contributed by atoms with Crippen LogP contribution in [0, 0.1) is 0 Å². The zero-order valence-electron chi connectivity index (χ0n) is 29.4. The molecule has 3 aliphatic carbocycles. The number of nitrogens with zero attached hydrogens (tertiary/aromatic N) is 1. The molecular weight excluding hydrogens is 639 g/mol. The number of fused-ring (bicyclic) bond motifs is 2. The topological polar surface area (TPSA) is 3.24 Å². The second kappa shape index (κ2) is 11.8. The number of hydrogen-bond acceptors (Lipinski definition) is 1. The van der Waals surface area contributed by atoms with E-state index < -0.39 is 0 Å². The summed E-state index contributed by atoms with van der Waals surface area (Å²) < 4.78 is 0. The highest BCUT2D eigenvalue weighted by Crippen LogP contribution is 2.68. The number of anilines is 3. The Labute approximate surface area is 311 Å². The fourth-order valence-electron chi connectivity index (χ4n) is 9.91. The van der Waals surface area contributed by atoms with Gasteiger partial charge < -0.3 is 4.90 Å². The normalized spacial score (nSPS) is 17.5. The molecule has 1 aliphatic heterocycles. The van der Waals surface area contributed by atoms with E-state index in [0.29, 0.717) is 5.92 Å². The molecular formula is C52H37N. The predicted molar refractivity (Wildman–Crippen MR) is 220 cm³/mol. The summed E-state index contributed by atoms with van der Waals surface area (Å²) in [6.07, 6.45) is 2.23. The summed E-state index contributed by atoms with van der Waals surface area (Å²) in [5.41, 5.74) is 20.7. The van der Waals surface area contributed by atoms with Gasteiger partial charge in [-0.15, -0.1) is 0 Å². The highest BCUT2D eigenvalue weighted by atomic mass is 15.2. The highest BCUT2D eigenvalue weighted by molar-refractivity contribution is 6.02. The van der Waals surface area contributed by atoms with E-state index in [1.54, 1.807) is 0 Å². The molecule has 8 aromatic rings. The van der Waals surface area contributed by atoms with Gasteiger partial charge in [0, 0.05) is 22.5 Å². The molecule has 12 rings (SSSR count). The monoisotopic (exact) mass is 675 g/mol. The number of benzene rings is 8. The van der Waals surface area contributed by atoms with Crippen molar-refractivity contribution in [3.8, 4) is 44.5 Å². The summed E-state index contributed by atoms with van der Waals surface area (Å²) in [7, 11) is 0. The fraction of sp³-hybridized carbons (Fsp3) is 0.0769. The molecule has 0 N–H and O–H groups in total. The van der Waals surface area contributed by atoms with E-state index in [0.717, 1.165) is 12.8 Å². The van der Waals surface area contributed by atoms with Crippen LogP contribution in [0.15, 0.2) is 194 Å². The first-order chi connectivity index (χ1) is 26.3. The fourth-order valence-corrected chi connectivity index (χ4v) is 9.91. The second-order valence-electron chi connectivity index (χ2n) is 14.8. The minimum Gasteiger partial charge on any atom is -0.309 e. The Hall–Kier alpha value is -6.44. The standard InChI is InChI=1S/C52H37N/c1-5-15-35(16-6-1)39-25-29-48(45(33-39)38-21-11-4-12-22-38)53-49-30-26-40(36-17-7-2-8-18-36)34-47(49)52-32-31-42(43-23-13-14-24-46(43)52)44-28-27-41(51(53)50(44)52)37-19-9-3-10-20-37/h1-30,33-34,42H,31-32H2. The van der Waals surface area contributed by atoms with Crippen LogP contribution in [0.5, 0.6) is 0 Å². The van der Waals surface area contributed by atoms with Crippen molar-refractivity contribution in [2.75, 3.05) is 4.90 Å². The van der Waals surface area contributed by atoms with Crippen LogP contribution in [0.4, 0.5) is 17.1 Å². The van der Waals surface area contributed by atoms with Gasteiger partial charge in [0.15, 0.2) is 0 Å². The lowest BCUT2D eigenvalue weighted by atomic mass is 9.51. The Bertz CT molecular complexity index is 2660. The SMILES string of the molecule is c1ccc(-c2ccc(N3c4ccc(-c5ccccc5)cc4C45CCC(c6ccccc64)c4ccc(-c6ccccc6)c3c45)c(-c3ccccc3)c2)cc1. The molecule has 0 saturated carbocycles. The Morgan fingerprint density at radius 2 is 0.943 bits per heavy atom. The first kappa shape index (κ1) is 30.2. The maximum atomic E-state index is 2.64. The molecule has 2 unspecified atom stereocenters. The molecule has 53 heavy (non-hydrogen) atoms. The van der Waals surface area contributed by atoms with Crippen LogP contribution in [-0.2, 0) is 5.41 Å². The molecule has 250 valence electrons. The quantitative estimate of drug-likeness (QED) is 0.175. The van der Waals surface area contributed by atoms with Crippen molar-refractivity contribution >= 4 is 17.1 Å². The van der Waals surface area contributed by atoms with Gasteiger partial charge in [0.25, 0.3) is 0 Å². The van der Waals surface area contributed by atoms with E-state index in [1.807, 2.05) is 0 Å². The summed E-state index contributed by atoms with van der Waals surface area (Å²) >= 11 is 0. The number of hydrogen-bond donors (Lipinski definition) is 0. The van der Waals surface area contributed by atoms with Gasteiger partial charge >= 0.3 is 0 Å². The van der Waals surface area contributed by atoms with Gasteiger partial charge in [-0.05, 0) is 98.3 Å². The lowest BCUT2D eigenvalue weighted by molar-refractivity contribution is 0.425. The van der Waals surface area contributed by atoms with Gasteiger partial charge in [0.2, 0.25) is 0 Å². The zero-order chi connectivity index (χ0) is 34.9. The van der Waals surface area contributed by atoms with Crippen molar-refractivity contribution in [1.82, 2.24) is 0 Å². The lowest BCUT2D eigenvalue weighted by Crippen LogP contribution is -2.45. The Morgan fingerprint density at radius 1 is 0.396 bits per heavy atom. The molecule has 0 radical (unpaired) electrons. The molecule has 0 amide bonds. The van der Waals surface area contributed by atoms with Crippen LogP contribution in [0.25, 0.3) is 44.5 Å². The highest BCUT2D eigenvalue weighted by Gasteiger charge is 2.55. The molecule has 0 aromatic heterocycles. The van der Waals surface area contributed by atoms with E-state index in [1.165, 1.54) is 89.4 Å². The summed E-state index contributed by atoms with van der Waals surface area (Å²) in [4.78, 5) is 2.64. The van der Waals surface area contributed by atoms with Crippen molar-refractivity contribution < 1.29 is 0 Å². The molecule has 1 spiro atoms. The van der Waals surface area contributed by atoms with E-state index in [4.69, 9.17) is 0 Å². The van der Waals surface area contributed by atoms with Crippen LogP contribution >= 0.6 is 0 Å². The van der Waals surface area contributed by atoms with Gasteiger partial charge in [0.1, 0.15) is 0 Å².